The number of carbonyl (C=O) groups is 1. The van der Waals surface area contributed by atoms with E-state index in [1.807, 2.05) is 24.3 Å². The molecule has 2 aliphatic rings. The van der Waals surface area contributed by atoms with Crippen LogP contribution in [0.15, 0.2) is 24.3 Å². The van der Waals surface area contributed by atoms with Gasteiger partial charge in [-0.2, -0.15) is 17.0 Å². The fourth-order valence-electron chi connectivity index (χ4n) is 3.82. The quantitative estimate of drug-likeness (QED) is 0.779. The lowest BCUT2D eigenvalue weighted by Crippen LogP contribution is -2.52. The minimum atomic E-state index is -3.48. The zero-order chi connectivity index (χ0) is 20.1. The van der Waals surface area contributed by atoms with Crippen molar-refractivity contribution in [3.05, 3.63) is 29.8 Å². The van der Waals surface area contributed by atoms with Gasteiger partial charge in [0.25, 0.3) is 10.2 Å². The predicted octanol–water partition coefficient (Wildman–Crippen LogP) is 2.00. The molecule has 28 heavy (non-hydrogen) atoms. The number of nitrogens with zero attached hydrogens (tertiary/aromatic N) is 2. The van der Waals surface area contributed by atoms with Gasteiger partial charge < -0.3 is 10.1 Å². The lowest BCUT2D eigenvalue weighted by molar-refractivity contribution is -0.126. The van der Waals surface area contributed by atoms with Crippen molar-refractivity contribution in [3.8, 4) is 5.75 Å². The van der Waals surface area contributed by atoms with Gasteiger partial charge >= 0.3 is 0 Å². The molecule has 156 valence electrons. The van der Waals surface area contributed by atoms with Gasteiger partial charge in [-0.15, -0.1) is 0 Å². The SMILES string of the molecule is COc1ccc(CNC(=O)C2CCCN(S(=O)(=O)N3CCC(C)CC3)C2)cc1. The lowest BCUT2D eigenvalue weighted by atomic mass is 9.99. The molecular formula is C20H31N3O4S. The fraction of sp³-hybridized carbons (Fsp3) is 0.650. The van der Waals surface area contributed by atoms with E-state index in [2.05, 4.69) is 12.2 Å². The van der Waals surface area contributed by atoms with Crippen molar-refractivity contribution in [3.63, 3.8) is 0 Å². The Balaban J connectivity index is 1.55. The minimum Gasteiger partial charge on any atom is -0.497 e. The number of ether oxygens (including phenoxy) is 1. The van der Waals surface area contributed by atoms with Gasteiger partial charge in [0, 0.05) is 32.7 Å². The number of benzene rings is 1. The summed E-state index contributed by atoms with van der Waals surface area (Å²) in [6.07, 6.45) is 3.24. The molecule has 8 heteroatoms. The third-order valence-corrected chi connectivity index (χ3v) is 7.78. The smallest absolute Gasteiger partial charge is 0.281 e. The first kappa shape index (κ1) is 21.1. The van der Waals surface area contributed by atoms with Crippen LogP contribution in [-0.2, 0) is 21.5 Å². The van der Waals surface area contributed by atoms with Crippen LogP contribution in [0.3, 0.4) is 0 Å². The monoisotopic (exact) mass is 409 g/mol. The van der Waals surface area contributed by atoms with Crippen molar-refractivity contribution >= 4 is 16.1 Å². The standard InChI is InChI=1S/C20H31N3O4S/c1-16-9-12-22(13-10-16)28(25,26)23-11-3-4-18(15-23)20(24)21-14-17-5-7-19(27-2)8-6-17/h5-8,16,18H,3-4,9-15H2,1-2H3,(H,21,24). The van der Waals surface area contributed by atoms with Crippen molar-refractivity contribution in [1.29, 1.82) is 0 Å². The van der Waals surface area contributed by atoms with Crippen LogP contribution in [0.1, 0.15) is 38.2 Å². The summed E-state index contributed by atoms with van der Waals surface area (Å²) in [6, 6.07) is 7.54. The Bertz CT molecular complexity index is 758. The maximum absolute atomic E-state index is 13.0. The van der Waals surface area contributed by atoms with Crippen LogP contribution in [-0.4, -0.2) is 56.2 Å². The zero-order valence-corrected chi connectivity index (χ0v) is 17.6. The van der Waals surface area contributed by atoms with Crippen LogP contribution >= 0.6 is 0 Å². The van der Waals surface area contributed by atoms with Gasteiger partial charge in [0.1, 0.15) is 5.75 Å². The molecule has 7 nitrogen and oxygen atoms in total. The number of nitrogens with one attached hydrogen (secondary N) is 1. The second-order valence-electron chi connectivity index (χ2n) is 7.85. The molecule has 1 amide bonds. The van der Waals surface area contributed by atoms with Crippen molar-refractivity contribution in [2.24, 2.45) is 11.8 Å². The number of methoxy groups -OCH3 is 1. The number of piperidine rings is 2. The Kier molecular flexibility index (Phi) is 6.95. The molecule has 0 aromatic heterocycles. The van der Waals surface area contributed by atoms with Crippen LogP contribution < -0.4 is 10.1 Å². The molecule has 0 radical (unpaired) electrons. The first-order valence-corrected chi connectivity index (χ1v) is 11.5. The third kappa shape index (κ3) is 5.04. The average Bonchev–Trinajstić information content (AvgIpc) is 2.72. The number of hydrogen-bond acceptors (Lipinski definition) is 4. The summed E-state index contributed by atoms with van der Waals surface area (Å²) in [5.41, 5.74) is 0.983. The molecular weight excluding hydrogens is 378 g/mol. The molecule has 0 saturated carbocycles. The second kappa shape index (κ2) is 9.24. The molecule has 0 spiro atoms. The Morgan fingerprint density at radius 1 is 1.11 bits per heavy atom. The van der Waals surface area contributed by atoms with Crippen molar-refractivity contribution in [2.75, 3.05) is 33.3 Å². The highest BCUT2D eigenvalue weighted by Crippen LogP contribution is 2.25. The average molecular weight is 410 g/mol. The van der Waals surface area contributed by atoms with Crippen molar-refractivity contribution < 1.29 is 17.9 Å². The number of amides is 1. The molecule has 3 rings (SSSR count). The normalized spacial score (nSPS) is 22.7. The Morgan fingerprint density at radius 3 is 2.43 bits per heavy atom. The highest BCUT2D eigenvalue weighted by molar-refractivity contribution is 7.86. The maximum atomic E-state index is 13.0. The van der Waals surface area contributed by atoms with E-state index < -0.39 is 10.2 Å². The molecule has 1 atom stereocenters. The van der Waals surface area contributed by atoms with Gasteiger partial charge in [-0.3, -0.25) is 4.79 Å². The number of rotatable bonds is 6. The molecule has 0 bridgehead atoms. The van der Waals surface area contributed by atoms with Crippen molar-refractivity contribution in [2.45, 2.75) is 39.2 Å². The van der Waals surface area contributed by atoms with Crippen LogP contribution in [0.5, 0.6) is 5.75 Å². The lowest BCUT2D eigenvalue weighted by Gasteiger charge is -2.37. The Morgan fingerprint density at radius 2 is 1.79 bits per heavy atom. The maximum Gasteiger partial charge on any atom is 0.281 e. The predicted molar refractivity (Wildman–Crippen MR) is 108 cm³/mol. The highest BCUT2D eigenvalue weighted by Gasteiger charge is 2.36. The molecule has 2 aliphatic heterocycles. The van der Waals surface area contributed by atoms with E-state index in [4.69, 9.17) is 4.74 Å². The third-order valence-electron chi connectivity index (χ3n) is 5.78. The summed E-state index contributed by atoms with van der Waals surface area (Å²) in [5.74, 6) is 0.966. The summed E-state index contributed by atoms with van der Waals surface area (Å²) >= 11 is 0. The molecule has 0 aliphatic carbocycles. The zero-order valence-electron chi connectivity index (χ0n) is 16.8. The molecule has 2 saturated heterocycles. The molecule has 2 fully saturated rings. The van der Waals surface area contributed by atoms with E-state index >= 15 is 0 Å². The molecule has 2 heterocycles. The molecule has 1 aromatic carbocycles. The van der Waals surface area contributed by atoms with E-state index in [1.54, 1.807) is 11.4 Å². The van der Waals surface area contributed by atoms with Gasteiger partial charge in [0.05, 0.1) is 13.0 Å². The first-order valence-electron chi connectivity index (χ1n) is 10.1. The van der Waals surface area contributed by atoms with Gasteiger partial charge in [-0.05, 0) is 49.3 Å². The topological polar surface area (TPSA) is 79.0 Å². The Hall–Kier alpha value is -1.64. The largest absolute Gasteiger partial charge is 0.497 e. The van der Waals surface area contributed by atoms with E-state index in [1.165, 1.54) is 4.31 Å². The van der Waals surface area contributed by atoms with Crippen LogP contribution in [0, 0.1) is 11.8 Å². The molecule has 1 aromatic rings. The highest BCUT2D eigenvalue weighted by atomic mass is 32.2. The Labute approximate surface area is 168 Å². The summed E-state index contributed by atoms with van der Waals surface area (Å²) in [4.78, 5) is 12.6. The van der Waals surface area contributed by atoms with E-state index in [0.29, 0.717) is 38.5 Å². The van der Waals surface area contributed by atoms with E-state index in [9.17, 15) is 13.2 Å². The molecule has 1 N–H and O–H groups in total. The second-order valence-corrected chi connectivity index (χ2v) is 9.78. The first-order chi connectivity index (χ1) is 13.4. The van der Waals surface area contributed by atoms with E-state index in [-0.39, 0.29) is 18.4 Å². The summed E-state index contributed by atoms with van der Waals surface area (Å²) < 4.78 is 34.2. The molecule has 1 unspecified atom stereocenters. The van der Waals surface area contributed by atoms with E-state index in [0.717, 1.165) is 30.6 Å². The van der Waals surface area contributed by atoms with Crippen molar-refractivity contribution in [1.82, 2.24) is 13.9 Å². The summed E-state index contributed by atoms with van der Waals surface area (Å²) in [7, 11) is -1.86. The summed E-state index contributed by atoms with van der Waals surface area (Å²) in [6.45, 7) is 4.51. The van der Waals surface area contributed by atoms with Crippen LogP contribution in [0.4, 0.5) is 0 Å². The fourth-order valence-corrected chi connectivity index (χ4v) is 5.55. The van der Waals surface area contributed by atoms with Gasteiger partial charge in [-0.1, -0.05) is 19.1 Å². The van der Waals surface area contributed by atoms with Gasteiger partial charge in [0.15, 0.2) is 0 Å². The number of hydrogen-bond donors (Lipinski definition) is 1. The number of carbonyl (C=O) groups excluding carboxylic acids is 1. The van der Waals surface area contributed by atoms with Gasteiger partial charge in [-0.25, -0.2) is 0 Å². The summed E-state index contributed by atoms with van der Waals surface area (Å²) in [5, 5.41) is 2.95. The minimum absolute atomic E-state index is 0.0806. The van der Waals surface area contributed by atoms with Crippen LogP contribution in [0.2, 0.25) is 0 Å². The van der Waals surface area contributed by atoms with Crippen LogP contribution in [0.25, 0.3) is 0 Å². The van der Waals surface area contributed by atoms with Gasteiger partial charge in [0.2, 0.25) is 5.91 Å².